The number of hydrogen-bond acceptors (Lipinski definition) is 2. The molecular formula is C13H26N2. The maximum Gasteiger partial charge on any atom is 0.0165 e. The van der Waals surface area contributed by atoms with E-state index >= 15 is 0 Å². The largest absolute Gasteiger partial charge is 0.330 e. The first-order valence-corrected chi connectivity index (χ1v) is 6.11. The van der Waals surface area contributed by atoms with Crippen LogP contribution in [0.15, 0.2) is 11.6 Å². The molecule has 0 aliphatic carbocycles. The highest BCUT2D eigenvalue weighted by Crippen LogP contribution is 2.20. The molecule has 0 amide bonds. The van der Waals surface area contributed by atoms with Crippen LogP contribution in [-0.2, 0) is 0 Å². The van der Waals surface area contributed by atoms with Crippen LogP contribution in [-0.4, -0.2) is 31.1 Å². The topological polar surface area (TPSA) is 29.3 Å². The second-order valence-corrected chi connectivity index (χ2v) is 5.57. The normalized spacial score (nSPS) is 19.1. The molecule has 88 valence electrons. The Balaban J connectivity index is 2.16. The minimum atomic E-state index is 0.321. The van der Waals surface area contributed by atoms with Crippen LogP contribution < -0.4 is 5.73 Å². The summed E-state index contributed by atoms with van der Waals surface area (Å²) in [6.45, 7) is 11.2. The van der Waals surface area contributed by atoms with Gasteiger partial charge in [-0.25, -0.2) is 0 Å². The van der Waals surface area contributed by atoms with Gasteiger partial charge in [-0.15, -0.1) is 0 Å². The van der Waals surface area contributed by atoms with Gasteiger partial charge in [-0.3, -0.25) is 4.90 Å². The average Bonchev–Trinajstić information content (AvgIpc) is 2.21. The van der Waals surface area contributed by atoms with Crippen LogP contribution >= 0.6 is 0 Å². The second kappa shape index (κ2) is 5.66. The van der Waals surface area contributed by atoms with Crippen molar-refractivity contribution in [2.45, 2.75) is 40.0 Å². The Morgan fingerprint density at radius 3 is 2.73 bits per heavy atom. The smallest absolute Gasteiger partial charge is 0.0165 e. The zero-order chi connectivity index (χ0) is 11.3. The molecule has 0 atom stereocenters. The summed E-state index contributed by atoms with van der Waals surface area (Å²) in [6, 6.07) is 0. The van der Waals surface area contributed by atoms with Crippen LogP contribution in [0.25, 0.3) is 0 Å². The summed E-state index contributed by atoms with van der Waals surface area (Å²) in [5.41, 5.74) is 7.59. The van der Waals surface area contributed by atoms with Gasteiger partial charge in [0.2, 0.25) is 0 Å². The van der Waals surface area contributed by atoms with E-state index in [0.29, 0.717) is 5.41 Å². The lowest BCUT2D eigenvalue weighted by Gasteiger charge is -2.27. The number of nitrogens with zero attached hydrogens (tertiary/aromatic N) is 1. The SMILES string of the molecule is CC1=CCN(CCCC(C)(C)CN)CC1. The summed E-state index contributed by atoms with van der Waals surface area (Å²) in [5.74, 6) is 0. The van der Waals surface area contributed by atoms with E-state index in [0.717, 1.165) is 13.1 Å². The molecule has 1 heterocycles. The molecule has 0 aromatic rings. The lowest BCUT2D eigenvalue weighted by molar-refractivity contribution is 0.256. The van der Waals surface area contributed by atoms with Gasteiger partial charge in [0.05, 0.1) is 0 Å². The molecule has 1 rings (SSSR count). The van der Waals surface area contributed by atoms with E-state index in [-0.39, 0.29) is 0 Å². The van der Waals surface area contributed by atoms with Crippen molar-refractivity contribution in [2.24, 2.45) is 11.1 Å². The van der Waals surface area contributed by atoms with Crippen LogP contribution in [0.3, 0.4) is 0 Å². The molecule has 2 heteroatoms. The van der Waals surface area contributed by atoms with Gasteiger partial charge in [0.15, 0.2) is 0 Å². The van der Waals surface area contributed by atoms with E-state index < -0.39 is 0 Å². The summed E-state index contributed by atoms with van der Waals surface area (Å²) in [6.07, 6.45) is 6.12. The lowest BCUT2D eigenvalue weighted by atomic mass is 9.88. The minimum Gasteiger partial charge on any atom is -0.330 e. The van der Waals surface area contributed by atoms with E-state index in [2.05, 4.69) is 31.7 Å². The van der Waals surface area contributed by atoms with Crippen molar-refractivity contribution >= 4 is 0 Å². The molecule has 0 spiro atoms. The van der Waals surface area contributed by atoms with Gasteiger partial charge in [0.1, 0.15) is 0 Å². The van der Waals surface area contributed by atoms with E-state index in [1.165, 1.54) is 32.4 Å². The lowest BCUT2D eigenvalue weighted by Crippen LogP contribution is -2.31. The molecule has 0 radical (unpaired) electrons. The van der Waals surface area contributed by atoms with Gasteiger partial charge in [0, 0.05) is 13.1 Å². The van der Waals surface area contributed by atoms with Crippen molar-refractivity contribution in [3.63, 3.8) is 0 Å². The fourth-order valence-electron chi connectivity index (χ4n) is 1.90. The second-order valence-electron chi connectivity index (χ2n) is 5.57. The zero-order valence-electron chi connectivity index (χ0n) is 10.6. The molecule has 0 aromatic heterocycles. The minimum absolute atomic E-state index is 0.321. The van der Waals surface area contributed by atoms with Crippen molar-refractivity contribution in [3.05, 3.63) is 11.6 Å². The Labute approximate surface area is 94.5 Å². The molecule has 1 aliphatic rings. The Morgan fingerprint density at radius 1 is 1.47 bits per heavy atom. The molecule has 0 saturated carbocycles. The van der Waals surface area contributed by atoms with Crippen molar-refractivity contribution in [1.82, 2.24) is 4.90 Å². The predicted octanol–water partition coefficient (Wildman–Crippen LogP) is 2.40. The number of hydrogen-bond donors (Lipinski definition) is 1. The molecule has 1 aliphatic heterocycles. The van der Waals surface area contributed by atoms with E-state index in [1.54, 1.807) is 5.57 Å². The van der Waals surface area contributed by atoms with Crippen LogP contribution in [0.5, 0.6) is 0 Å². The molecule has 15 heavy (non-hydrogen) atoms. The third-order valence-corrected chi connectivity index (χ3v) is 3.40. The van der Waals surface area contributed by atoms with Crippen molar-refractivity contribution in [3.8, 4) is 0 Å². The molecular weight excluding hydrogens is 184 g/mol. The summed E-state index contributed by atoms with van der Waals surface area (Å²) in [7, 11) is 0. The van der Waals surface area contributed by atoms with Gasteiger partial charge in [0.25, 0.3) is 0 Å². The highest BCUT2D eigenvalue weighted by molar-refractivity contribution is 5.03. The van der Waals surface area contributed by atoms with E-state index in [1.807, 2.05) is 0 Å². The fraction of sp³-hybridized carbons (Fsp3) is 0.846. The highest BCUT2D eigenvalue weighted by Gasteiger charge is 2.16. The molecule has 0 saturated heterocycles. The first-order valence-electron chi connectivity index (χ1n) is 6.11. The van der Waals surface area contributed by atoms with Gasteiger partial charge in [-0.1, -0.05) is 25.5 Å². The monoisotopic (exact) mass is 210 g/mol. The first kappa shape index (κ1) is 12.7. The maximum absolute atomic E-state index is 5.72. The molecule has 0 aromatic carbocycles. The van der Waals surface area contributed by atoms with Gasteiger partial charge in [-0.2, -0.15) is 0 Å². The molecule has 0 bridgehead atoms. The average molecular weight is 210 g/mol. The maximum atomic E-state index is 5.72. The molecule has 2 N–H and O–H groups in total. The van der Waals surface area contributed by atoms with Crippen molar-refractivity contribution in [1.29, 1.82) is 0 Å². The zero-order valence-corrected chi connectivity index (χ0v) is 10.6. The van der Waals surface area contributed by atoms with Crippen LogP contribution in [0.4, 0.5) is 0 Å². The van der Waals surface area contributed by atoms with Gasteiger partial charge >= 0.3 is 0 Å². The third-order valence-electron chi connectivity index (χ3n) is 3.40. The summed E-state index contributed by atoms with van der Waals surface area (Å²) >= 11 is 0. The molecule has 0 fully saturated rings. The first-order chi connectivity index (χ1) is 7.03. The number of nitrogens with two attached hydrogens (primary N) is 1. The Kier molecular flexibility index (Phi) is 4.81. The Morgan fingerprint density at radius 2 is 2.20 bits per heavy atom. The summed E-state index contributed by atoms with van der Waals surface area (Å²) < 4.78 is 0. The quantitative estimate of drug-likeness (QED) is 0.706. The third kappa shape index (κ3) is 4.80. The summed E-state index contributed by atoms with van der Waals surface area (Å²) in [4.78, 5) is 2.54. The van der Waals surface area contributed by atoms with Crippen LogP contribution in [0.2, 0.25) is 0 Å². The molecule has 2 nitrogen and oxygen atoms in total. The van der Waals surface area contributed by atoms with Gasteiger partial charge < -0.3 is 5.73 Å². The van der Waals surface area contributed by atoms with Crippen molar-refractivity contribution < 1.29 is 0 Å². The summed E-state index contributed by atoms with van der Waals surface area (Å²) in [5, 5.41) is 0. The van der Waals surface area contributed by atoms with E-state index in [4.69, 9.17) is 5.73 Å². The standard InChI is InChI=1S/C13H26N2/c1-12-5-9-15(10-6-12)8-4-7-13(2,3)11-14/h5H,4,6-11,14H2,1-3H3. The highest BCUT2D eigenvalue weighted by atomic mass is 15.1. The van der Waals surface area contributed by atoms with E-state index in [9.17, 15) is 0 Å². The van der Waals surface area contributed by atoms with Crippen LogP contribution in [0, 0.1) is 5.41 Å². The Bertz CT molecular complexity index is 219. The van der Waals surface area contributed by atoms with Gasteiger partial charge in [-0.05, 0) is 44.7 Å². The fourth-order valence-corrected chi connectivity index (χ4v) is 1.90. The Hall–Kier alpha value is -0.340. The van der Waals surface area contributed by atoms with Crippen molar-refractivity contribution in [2.75, 3.05) is 26.2 Å². The van der Waals surface area contributed by atoms with Crippen LogP contribution in [0.1, 0.15) is 40.0 Å². The molecule has 0 unspecified atom stereocenters. The number of rotatable bonds is 5. The predicted molar refractivity (Wildman–Crippen MR) is 66.9 cm³/mol.